The number of rotatable bonds is 0. The summed E-state index contributed by atoms with van der Waals surface area (Å²) < 4.78 is -0.0987. The van der Waals surface area contributed by atoms with Gasteiger partial charge in [-0.05, 0) is 89.4 Å². The Labute approximate surface area is 177 Å². The molecule has 0 aromatic carbocycles. The van der Waals surface area contributed by atoms with Crippen molar-refractivity contribution in [2.75, 3.05) is 0 Å². The van der Waals surface area contributed by atoms with Crippen LogP contribution in [-0.4, -0.2) is 24.9 Å². The summed E-state index contributed by atoms with van der Waals surface area (Å²) in [7, 11) is 0. The van der Waals surface area contributed by atoms with Gasteiger partial charge in [-0.1, -0.05) is 22.6 Å². The van der Waals surface area contributed by atoms with Gasteiger partial charge in [0, 0.05) is 22.1 Å². The van der Waals surface area contributed by atoms with Crippen molar-refractivity contribution in [2.24, 2.45) is 9.98 Å². The molecule has 0 saturated heterocycles. The monoisotopic (exact) mass is 564 g/mol. The molecule has 128 valence electrons. The van der Waals surface area contributed by atoms with Gasteiger partial charge in [0.1, 0.15) is 3.55 Å². The van der Waals surface area contributed by atoms with Crippen LogP contribution < -0.4 is 10.7 Å². The Morgan fingerprint density at radius 1 is 0.885 bits per heavy atom. The minimum Gasteiger partial charge on any atom is -0.358 e. The van der Waals surface area contributed by atoms with Crippen molar-refractivity contribution in [3.8, 4) is 0 Å². The summed E-state index contributed by atoms with van der Waals surface area (Å²) in [6.07, 6.45) is 14.5. The van der Waals surface area contributed by atoms with E-state index in [-0.39, 0.29) is 7.47 Å². The molecule has 5 rings (SSSR count). The lowest BCUT2D eigenvalue weighted by atomic mass is 10.2. The molecule has 0 amide bonds. The fourth-order valence-corrected chi connectivity index (χ4v) is 4.71. The number of aromatic nitrogens is 2. The van der Waals surface area contributed by atoms with Crippen molar-refractivity contribution in [3.63, 3.8) is 0 Å². The van der Waals surface area contributed by atoms with Crippen molar-refractivity contribution < 1.29 is 0 Å². The molecule has 8 bridgehead atoms. The molecule has 0 spiro atoms. The molecule has 2 atom stereocenters. The number of hydrogen-bond acceptors (Lipinski definition) is 2. The first-order chi connectivity index (χ1) is 12.6. The first-order valence-electron chi connectivity index (χ1n) is 8.25. The van der Waals surface area contributed by atoms with Gasteiger partial charge >= 0.3 is 0 Å². The topological polar surface area (TPSA) is 56.3 Å². The molecule has 5 heterocycles. The van der Waals surface area contributed by atoms with Crippen molar-refractivity contribution in [1.29, 1.82) is 0 Å². The molecule has 26 heavy (non-hydrogen) atoms. The Hall–Kier alpha value is -1.68. The van der Waals surface area contributed by atoms with Gasteiger partial charge in [-0.15, -0.1) is 0 Å². The predicted molar refractivity (Wildman–Crippen MR) is 124 cm³/mol. The molecule has 2 N–H and O–H groups in total. The number of H-pyrrole nitrogens is 2. The lowest BCUT2D eigenvalue weighted by Gasteiger charge is -2.22. The van der Waals surface area contributed by atoms with Crippen LogP contribution in [-0.2, 0) is 0 Å². The summed E-state index contributed by atoms with van der Waals surface area (Å²) >= 11 is 4.90. The Bertz CT molecular complexity index is 1170. The number of hydrogen-bond donors (Lipinski definition) is 2. The summed E-state index contributed by atoms with van der Waals surface area (Å²) in [4.78, 5) is 16.6. The molecule has 3 aliphatic rings. The first-order valence-corrected chi connectivity index (χ1v) is 10.6. The smallest absolute Gasteiger partial charge is 0.148 e. The third-order valence-corrected chi connectivity index (χ3v) is 8.51. The van der Waals surface area contributed by atoms with Crippen molar-refractivity contribution in [3.05, 3.63) is 82.4 Å². The van der Waals surface area contributed by atoms with Crippen molar-refractivity contribution >= 4 is 68.8 Å². The molecule has 2 aromatic rings. The summed E-state index contributed by atoms with van der Waals surface area (Å²) in [6.45, 7) is 0. The molecule has 6 heteroatoms. The van der Waals surface area contributed by atoms with E-state index in [1.165, 1.54) is 5.69 Å². The van der Waals surface area contributed by atoms with Gasteiger partial charge in [0.2, 0.25) is 0 Å². The second kappa shape index (κ2) is 6.19. The van der Waals surface area contributed by atoms with Crippen molar-refractivity contribution in [1.82, 2.24) is 9.97 Å². The predicted octanol–water partition coefficient (Wildman–Crippen LogP) is 3.48. The van der Waals surface area contributed by atoms with Crippen LogP contribution >= 0.6 is 45.2 Å². The Morgan fingerprint density at radius 2 is 1.73 bits per heavy atom. The van der Waals surface area contributed by atoms with Gasteiger partial charge < -0.3 is 9.97 Å². The van der Waals surface area contributed by atoms with Gasteiger partial charge in [0.15, 0.2) is 0 Å². The maximum atomic E-state index is 4.95. The fourth-order valence-electron chi connectivity index (χ4n) is 3.21. The summed E-state index contributed by atoms with van der Waals surface area (Å²) in [5.41, 5.74) is 5.07. The molecule has 2 unspecified atom stereocenters. The van der Waals surface area contributed by atoms with Crippen LogP contribution in [0.2, 0.25) is 0 Å². The Kier molecular flexibility index (Phi) is 3.93. The number of allylic oxidation sites excluding steroid dienone is 4. The molecular formula is C20H14I2N4. The van der Waals surface area contributed by atoms with Crippen LogP contribution in [0, 0.1) is 0 Å². The quantitative estimate of drug-likeness (QED) is 0.280. The molecule has 0 fully saturated rings. The molecule has 0 aliphatic carbocycles. The van der Waals surface area contributed by atoms with E-state index in [1.54, 1.807) is 0 Å². The lowest BCUT2D eigenvalue weighted by molar-refractivity contribution is 0.784. The van der Waals surface area contributed by atoms with E-state index in [1.807, 2.05) is 18.2 Å². The maximum absolute atomic E-state index is 4.95. The van der Waals surface area contributed by atoms with Gasteiger partial charge in [-0.25, -0.2) is 4.99 Å². The van der Waals surface area contributed by atoms with Crippen LogP contribution in [0.25, 0.3) is 12.2 Å². The Morgan fingerprint density at radius 3 is 2.62 bits per heavy atom. The number of aromatic amines is 2. The van der Waals surface area contributed by atoms with Gasteiger partial charge in [0.05, 0.1) is 21.0 Å². The molecule has 2 aromatic heterocycles. The van der Waals surface area contributed by atoms with Crippen molar-refractivity contribution in [2.45, 2.75) is 7.47 Å². The second-order valence-corrected chi connectivity index (χ2v) is 9.40. The average molecular weight is 564 g/mol. The van der Waals surface area contributed by atoms with Gasteiger partial charge in [-0.2, -0.15) is 0 Å². The highest BCUT2D eigenvalue weighted by molar-refractivity contribution is 14.1. The molecular weight excluding hydrogens is 550 g/mol. The van der Waals surface area contributed by atoms with Crippen LogP contribution in [0.1, 0.15) is 15.3 Å². The van der Waals surface area contributed by atoms with E-state index in [0.717, 1.165) is 33.5 Å². The van der Waals surface area contributed by atoms with E-state index in [0.29, 0.717) is 0 Å². The number of fused-ring (bicyclic) bond motifs is 6. The first kappa shape index (κ1) is 16.5. The zero-order valence-corrected chi connectivity index (χ0v) is 17.9. The number of halogens is 2. The zero-order chi connectivity index (χ0) is 17.7. The van der Waals surface area contributed by atoms with Gasteiger partial charge in [-0.3, -0.25) is 4.99 Å². The molecule has 0 radical (unpaired) electrons. The third-order valence-electron chi connectivity index (χ3n) is 4.47. The lowest BCUT2D eigenvalue weighted by Crippen LogP contribution is -2.19. The highest BCUT2D eigenvalue weighted by Gasteiger charge is 2.36. The number of nitrogens with zero attached hydrogens (tertiary/aromatic N) is 2. The van der Waals surface area contributed by atoms with E-state index in [4.69, 9.17) is 4.99 Å². The van der Waals surface area contributed by atoms with E-state index < -0.39 is 0 Å². The number of aliphatic imine (C=N–C) groups is 2. The molecule has 3 aliphatic heterocycles. The zero-order valence-electron chi connectivity index (χ0n) is 13.6. The highest BCUT2D eigenvalue weighted by atomic mass is 127. The largest absolute Gasteiger partial charge is 0.358 e. The minimum absolute atomic E-state index is 0.202. The number of nitrogens with one attached hydrogen (secondary N) is 2. The van der Waals surface area contributed by atoms with Crippen LogP contribution in [0.3, 0.4) is 0 Å². The van der Waals surface area contributed by atoms with E-state index in [2.05, 4.69) is 109 Å². The summed E-state index contributed by atoms with van der Waals surface area (Å²) in [6, 6.07) is 8.41. The molecule has 0 saturated carbocycles. The van der Waals surface area contributed by atoms with Crippen LogP contribution in [0.4, 0.5) is 0 Å². The normalized spacial score (nSPS) is 26.1. The summed E-state index contributed by atoms with van der Waals surface area (Å²) in [5.74, 6) is 0. The van der Waals surface area contributed by atoms with E-state index in [9.17, 15) is 0 Å². The third kappa shape index (κ3) is 2.98. The number of alkyl halides is 2. The van der Waals surface area contributed by atoms with Gasteiger partial charge in [0.25, 0.3) is 0 Å². The minimum atomic E-state index is -0.301. The maximum Gasteiger partial charge on any atom is 0.148 e. The van der Waals surface area contributed by atoms with E-state index >= 15 is 0 Å². The fraction of sp³-hybridized carbons (Fsp3) is 0.100. The SMILES string of the molecule is IC1c2ccc([nH]2)C=c2ccc([nH]2)=CC2=NC(=CC3=NC1(I)C=C3)C=C2. The average Bonchev–Trinajstić information content (AvgIpc) is 3.38. The summed E-state index contributed by atoms with van der Waals surface area (Å²) in [5, 5.41) is 2.10. The molecule has 4 nitrogen and oxygen atoms in total. The standard InChI is InChI=1S/C20H14I2N4/c21-19-18-6-5-16(25-18)10-14-2-1-12(23-14)9-13-3-4-15(24-13)11-17-7-8-20(19,22)26-17/h1-11,19,23,25H. The van der Waals surface area contributed by atoms with Crippen LogP contribution in [0.5, 0.6) is 0 Å². The Balaban J connectivity index is 1.71. The highest BCUT2D eigenvalue weighted by Crippen LogP contribution is 2.45. The van der Waals surface area contributed by atoms with Crippen LogP contribution in [0.15, 0.2) is 70.3 Å². The second-order valence-electron chi connectivity index (χ2n) is 6.43.